The maximum absolute atomic E-state index is 13.1. The van der Waals surface area contributed by atoms with Crippen molar-refractivity contribution in [2.75, 3.05) is 39.0 Å². The van der Waals surface area contributed by atoms with Crippen LogP contribution >= 0.6 is 11.8 Å². The summed E-state index contributed by atoms with van der Waals surface area (Å²) < 4.78 is 32.9. The number of carbonyl (C=O) groups is 1. The Balaban J connectivity index is 1.17. The lowest BCUT2D eigenvalue weighted by atomic mass is 10.1. The minimum atomic E-state index is -3.54. The molecular formula is C23H26N4O4S2. The average molecular weight is 487 g/mol. The van der Waals surface area contributed by atoms with Gasteiger partial charge in [0.1, 0.15) is 5.75 Å². The molecule has 1 saturated heterocycles. The largest absolute Gasteiger partial charge is 0.497 e. The van der Waals surface area contributed by atoms with Gasteiger partial charge in [-0.2, -0.15) is 4.31 Å². The van der Waals surface area contributed by atoms with Crippen LogP contribution in [0.25, 0.3) is 11.0 Å². The number of aromatic nitrogens is 2. The summed E-state index contributed by atoms with van der Waals surface area (Å²) in [6.45, 7) is 1.39. The summed E-state index contributed by atoms with van der Waals surface area (Å²) in [5, 5.41) is 0.671. The summed E-state index contributed by atoms with van der Waals surface area (Å²) in [6, 6.07) is 11.1. The van der Waals surface area contributed by atoms with Gasteiger partial charge in [0.15, 0.2) is 5.16 Å². The molecule has 0 atom stereocenters. The second kappa shape index (κ2) is 9.00. The van der Waals surface area contributed by atoms with Crippen molar-refractivity contribution in [2.45, 2.75) is 29.3 Å². The Labute approximate surface area is 197 Å². The van der Waals surface area contributed by atoms with Crippen molar-refractivity contribution in [2.24, 2.45) is 0 Å². The van der Waals surface area contributed by atoms with Crippen LogP contribution in [0.5, 0.6) is 5.75 Å². The predicted octanol–water partition coefficient (Wildman–Crippen LogP) is 2.69. The van der Waals surface area contributed by atoms with Crippen LogP contribution in [0.3, 0.4) is 0 Å². The van der Waals surface area contributed by atoms with Gasteiger partial charge in [0, 0.05) is 32.2 Å². The lowest BCUT2D eigenvalue weighted by molar-refractivity contribution is -0.129. The van der Waals surface area contributed by atoms with Crippen molar-refractivity contribution in [1.29, 1.82) is 0 Å². The smallest absolute Gasteiger partial charge is 0.243 e. The van der Waals surface area contributed by atoms with Gasteiger partial charge in [-0.1, -0.05) is 17.8 Å². The van der Waals surface area contributed by atoms with Gasteiger partial charge < -0.3 is 14.6 Å². The van der Waals surface area contributed by atoms with E-state index in [-0.39, 0.29) is 11.7 Å². The highest BCUT2D eigenvalue weighted by Crippen LogP contribution is 2.27. The molecule has 1 aromatic heterocycles. The normalized spacial score (nSPS) is 16.8. The standard InChI is InChI=1S/C23H26N4O4S2/c1-31-18-6-8-20-21(14-18)25-23(24-20)32-15-22(28)26-9-11-27(12-10-26)33(29,30)19-7-5-16-3-2-4-17(16)13-19/h5-8,13-14H,2-4,9-12,15H2,1H3,(H,24,25). The number of piperazine rings is 1. The van der Waals surface area contributed by atoms with E-state index >= 15 is 0 Å². The first-order valence-corrected chi connectivity index (χ1v) is 13.4. The highest BCUT2D eigenvalue weighted by molar-refractivity contribution is 7.99. The zero-order chi connectivity index (χ0) is 23.0. The third-order valence-corrected chi connectivity index (χ3v) is 9.05. The van der Waals surface area contributed by atoms with Gasteiger partial charge >= 0.3 is 0 Å². The number of imidazole rings is 1. The molecule has 3 aromatic rings. The third-order valence-electron chi connectivity index (χ3n) is 6.30. The maximum atomic E-state index is 13.1. The fourth-order valence-corrected chi connectivity index (χ4v) is 6.68. The van der Waals surface area contributed by atoms with E-state index in [1.807, 2.05) is 30.3 Å². The summed E-state index contributed by atoms with van der Waals surface area (Å²) in [7, 11) is -1.93. The number of aromatic amines is 1. The Morgan fingerprint density at radius 3 is 2.67 bits per heavy atom. The molecule has 1 aliphatic carbocycles. The van der Waals surface area contributed by atoms with Crippen molar-refractivity contribution in [3.8, 4) is 5.75 Å². The zero-order valence-corrected chi connectivity index (χ0v) is 20.0. The number of amides is 1. The first kappa shape index (κ1) is 22.2. The summed E-state index contributed by atoms with van der Waals surface area (Å²) in [4.78, 5) is 22.5. The van der Waals surface area contributed by atoms with E-state index in [2.05, 4.69) is 9.97 Å². The van der Waals surface area contributed by atoms with Gasteiger partial charge in [0.25, 0.3) is 0 Å². The van der Waals surface area contributed by atoms with Gasteiger partial charge in [0.2, 0.25) is 15.9 Å². The monoisotopic (exact) mass is 486 g/mol. The zero-order valence-electron chi connectivity index (χ0n) is 18.4. The first-order chi connectivity index (χ1) is 15.9. The minimum absolute atomic E-state index is 0.0207. The van der Waals surface area contributed by atoms with E-state index in [4.69, 9.17) is 4.74 Å². The molecule has 33 heavy (non-hydrogen) atoms. The number of benzene rings is 2. The van der Waals surface area contributed by atoms with Crippen LogP contribution in [0.2, 0.25) is 0 Å². The molecule has 0 spiro atoms. The number of nitrogens with one attached hydrogen (secondary N) is 1. The number of ether oxygens (including phenoxy) is 1. The average Bonchev–Trinajstić information content (AvgIpc) is 3.48. The quantitative estimate of drug-likeness (QED) is 0.539. The predicted molar refractivity (Wildman–Crippen MR) is 127 cm³/mol. The number of hydrogen-bond donors (Lipinski definition) is 1. The molecule has 1 amide bonds. The molecule has 10 heteroatoms. The van der Waals surface area contributed by atoms with Crippen molar-refractivity contribution in [3.05, 3.63) is 47.5 Å². The first-order valence-electron chi connectivity index (χ1n) is 11.0. The van der Waals surface area contributed by atoms with Crippen molar-refractivity contribution in [1.82, 2.24) is 19.2 Å². The number of rotatable bonds is 6. The molecule has 1 aliphatic heterocycles. The van der Waals surface area contributed by atoms with Crippen LogP contribution in [0.15, 0.2) is 46.5 Å². The maximum Gasteiger partial charge on any atom is 0.243 e. The second-order valence-electron chi connectivity index (χ2n) is 8.28. The molecule has 2 aromatic carbocycles. The van der Waals surface area contributed by atoms with Crippen LogP contribution in [-0.4, -0.2) is 72.5 Å². The Hall–Kier alpha value is -2.56. The highest BCUT2D eigenvalue weighted by Gasteiger charge is 2.31. The molecule has 5 rings (SSSR count). The number of carbonyl (C=O) groups excluding carboxylic acids is 1. The van der Waals surface area contributed by atoms with Crippen LogP contribution in [0.1, 0.15) is 17.5 Å². The molecule has 0 radical (unpaired) electrons. The number of thioether (sulfide) groups is 1. The topological polar surface area (TPSA) is 95.6 Å². The number of methoxy groups -OCH3 is 1. The highest BCUT2D eigenvalue weighted by atomic mass is 32.2. The molecule has 0 unspecified atom stereocenters. The van der Waals surface area contributed by atoms with E-state index in [1.54, 1.807) is 18.1 Å². The van der Waals surface area contributed by atoms with E-state index in [0.29, 0.717) is 36.2 Å². The molecule has 1 fully saturated rings. The molecule has 0 saturated carbocycles. The third kappa shape index (κ3) is 4.47. The molecule has 2 aliphatic rings. The molecule has 8 nitrogen and oxygen atoms in total. The Kier molecular flexibility index (Phi) is 6.07. The van der Waals surface area contributed by atoms with Gasteiger partial charge in [-0.25, -0.2) is 13.4 Å². The van der Waals surface area contributed by atoms with Crippen LogP contribution in [0.4, 0.5) is 0 Å². The van der Waals surface area contributed by atoms with Gasteiger partial charge in [-0.3, -0.25) is 4.79 Å². The Morgan fingerprint density at radius 2 is 1.88 bits per heavy atom. The number of aryl methyl sites for hydroxylation is 2. The number of H-pyrrole nitrogens is 1. The van der Waals surface area contributed by atoms with Crippen LogP contribution in [-0.2, 0) is 27.7 Å². The minimum Gasteiger partial charge on any atom is -0.497 e. The Bertz CT molecular complexity index is 1300. The van der Waals surface area contributed by atoms with E-state index in [1.165, 1.54) is 21.6 Å². The van der Waals surface area contributed by atoms with E-state index < -0.39 is 10.0 Å². The van der Waals surface area contributed by atoms with Crippen molar-refractivity contribution < 1.29 is 17.9 Å². The van der Waals surface area contributed by atoms with E-state index in [0.717, 1.165) is 41.6 Å². The number of nitrogens with zero attached hydrogens (tertiary/aromatic N) is 3. The van der Waals surface area contributed by atoms with Crippen molar-refractivity contribution in [3.63, 3.8) is 0 Å². The molecule has 174 valence electrons. The molecular weight excluding hydrogens is 460 g/mol. The summed E-state index contributed by atoms with van der Waals surface area (Å²) in [5.74, 6) is 0.966. The van der Waals surface area contributed by atoms with Gasteiger partial charge in [0.05, 0.1) is 28.8 Å². The van der Waals surface area contributed by atoms with Crippen LogP contribution < -0.4 is 4.74 Å². The fourth-order valence-electron chi connectivity index (χ4n) is 4.42. The molecule has 2 heterocycles. The van der Waals surface area contributed by atoms with Crippen LogP contribution in [0, 0.1) is 0 Å². The SMILES string of the molecule is COc1ccc2nc(SCC(=O)N3CCN(S(=O)(=O)c4ccc5c(c4)CCC5)CC3)[nH]c2c1. The second-order valence-corrected chi connectivity index (χ2v) is 11.2. The van der Waals surface area contributed by atoms with Crippen molar-refractivity contribution >= 4 is 38.7 Å². The number of fused-ring (bicyclic) bond motifs is 2. The lowest BCUT2D eigenvalue weighted by Crippen LogP contribution is -2.51. The van der Waals surface area contributed by atoms with Gasteiger partial charge in [-0.05, 0) is 54.7 Å². The number of sulfonamides is 1. The summed E-state index contributed by atoms with van der Waals surface area (Å²) in [5.41, 5.74) is 4.07. The van der Waals surface area contributed by atoms with Gasteiger partial charge in [-0.15, -0.1) is 0 Å². The fraction of sp³-hybridized carbons (Fsp3) is 0.391. The Morgan fingerprint density at radius 1 is 1.09 bits per heavy atom. The molecule has 1 N–H and O–H groups in total. The number of hydrogen-bond acceptors (Lipinski definition) is 6. The lowest BCUT2D eigenvalue weighted by Gasteiger charge is -2.34. The summed E-state index contributed by atoms with van der Waals surface area (Å²) in [6.07, 6.45) is 3.05. The van der Waals surface area contributed by atoms with E-state index in [9.17, 15) is 13.2 Å². The summed E-state index contributed by atoms with van der Waals surface area (Å²) >= 11 is 1.35. The molecule has 0 bridgehead atoms.